The molecule has 2 unspecified atom stereocenters. The van der Waals surface area contributed by atoms with Crippen LogP contribution < -0.4 is 11.1 Å². The molecule has 0 radical (unpaired) electrons. The third-order valence-corrected chi connectivity index (χ3v) is 4.25. The molecule has 17 heavy (non-hydrogen) atoms. The molecular formula is C14H22N2S. The second-order valence-corrected chi connectivity index (χ2v) is 5.92. The maximum atomic E-state index is 6.32. The van der Waals surface area contributed by atoms with Crippen LogP contribution in [0.15, 0.2) is 29.2 Å². The summed E-state index contributed by atoms with van der Waals surface area (Å²) >= 11 is 1.87. The molecule has 2 atom stereocenters. The van der Waals surface area contributed by atoms with Gasteiger partial charge in [0.1, 0.15) is 0 Å². The molecule has 1 aliphatic heterocycles. The summed E-state index contributed by atoms with van der Waals surface area (Å²) in [6.07, 6.45) is 3.79. The number of nitrogens with one attached hydrogen (secondary N) is 1. The van der Waals surface area contributed by atoms with E-state index in [1.165, 1.54) is 29.7 Å². The highest BCUT2D eigenvalue weighted by Gasteiger charge is 2.20. The van der Waals surface area contributed by atoms with Crippen LogP contribution >= 0.6 is 11.8 Å². The van der Waals surface area contributed by atoms with Crippen LogP contribution in [0.1, 0.15) is 37.8 Å². The Morgan fingerprint density at radius 1 is 1.35 bits per heavy atom. The smallest absolute Gasteiger partial charge is 0.0450 e. The number of thioether (sulfide) groups is 1. The molecule has 2 nitrogen and oxygen atoms in total. The molecule has 0 amide bonds. The Kier molecular flexibility index (Phi) is 4.89. The highest BCUT2D eigenvalue weighted by Crippen LogP contribution is 2.24. The summed E-state index contributed by atoms with van der Waals surface area (Å²) in [5, 5.41) is 3.53. The zero-order valence-corrected chi connectivity index (χ0v) is 11.3. The predicted octanol–water partition coefficient (Wildman–Crippen LogP) is 2.94. The van der Waals surface area contributed by atoms with E-state index in [1.807, 2.05) is 11.8 Å². The summed E-state index contributed by atoms with van der Waals surface area (Å²) in [4.78, 5) is 1.33. The van der Waals surface area contributed by atoms with Crippen molar-refractivity contribution in [3.05, 3.63) is 29.8 Å². The Balaban J connectivity index is 2.00. The summed E-state index contributed by atoms with van der Waals surface area (Å²) in [6.45, 7) is 3.29. The number of hydrogen-bond acceptors (Lipinski definition) is 3. The van der Waals surface area contributed by atoms with Gasteiger partial charge < -0.3 is 11.1 Å². The van der Waals surface area contributed by atoms with Gasteiger partial charge in [-0.3, -0.25) is 0 Å². The minimum atomic E-state index is 0.135. The SMILES string of the molecule is CCSc1ccc(C(N)C2CCCCN2)cc1. The molecule has 1 aliphatic rings. The van der Waals surface area contributed by atoms with Crippen molar-refractivity contribution in [2.45, 2.75) is 43.2 Å². The Labute approximate surface area is 108 Å². The van der Waals surface area contributed by atoms with Crippen LogP contribution in [0.5, 0.6) is 0 Å². The monoisotopic (exact) mass is 250 g/mol. The first kappa shape index (κ1) is 12.9. The van der Waals surface area contributed by atoms with Crippen LogP contribution in [0.4, 0.5) is 0 Å². The van der Waals surface area contributed by atoms with Crippen molar-refractivity contribution in [2.24, 2.45) is 5.73 Å². The topological polar surface area (TPSA) is 38.0 Å². The van der Waals surface area contributed by atoms with Gasteiger partial charge in [-0.1, -0.05) is 25.5 Å². The molecule has 1 fully saturated rings. The van der Waals surface area contributed by atoms with Gasteiger partial charge in [0, 0.05) is 17.0 Å². The highest BCUT2D eigenvalue weighted by molar-refractivity contribution is 7.99. The molecular weight excluding hydrogens is 228 g/mol. The van der Waals surface area contributed by atoms with E-state index in [0.29, 0.717) is 6.04 Å². The molecule has 3 N–H and O–H groups in total. The zero-order chi connectivity index (χ0) is 12.1. The van der Waals surface area contributed by atoms with Crippen LogP contribution in [0.3, 0.4) is 0 Å². The van der Waals surface area contributed by atoms with Gasteiger partial charge in [-0.15, -0.1) is 11.8 Å². The second-order valence-electron chi connectivity index (χ2n) is 4.58. The summed E-state index contributed by atoms with van der Waals surface area (Å²) in [5.74, 6) is 1.12. The fourth-order valence-electron chi connectivity index (χ4n) is 2.37. The van der Waals surface area contributed by atoms with Gasteiger partial charge in [-0.25, -0.2) is 0 Å². The fraction of sp³-hybridized carbons (Fsp3) is 0.571. The summed E-state index contributed by atoms with van der Waals surface area (Å²) < 4.78 is 0. The van der Waals surface area contributed by atoms with Crippen LogP contribution in [-0.2, 0) is 0 Å². The van der Waals surface area contributed by atoms with Gasteiger partial charge in [-0.2, -0.15) is 0 Å². The maximum absolute atomic E-state index is 6.32. The van der Waals surface area contributed by atoms with E-state index in [-0.39, 0.29) is 6.04 Å². The molecule has 2 rings (SSSR count). The summed E-state index contributed by atoms with van der Waals surface area (Å²) in [6, 6.07) is 9.32. The number of hydrogen-bond donors (Lipinski definition) is 2. The molecule has 0 aromatic heterocycles. The van der Waals surface area contributed by atoms with Crippen molar-refractivity contribution in [3.8, 4) is 0 Å². The van der Waals surface area contributed by atoms with E-state index in [0.717, 1.165) is 12.3 Å². The molecule has 0 bridgehead atoms. The normalized spacial score (nSPS) is 22.4. The number of nitrogens with two attached hydrogens (primary N) is 1. The Hall–Kier alpha value is -0.510. The first-order chi connectivity index (χ1) is 8.31. The number of piperidine rings is 1. The first-order valence-corrected chi connectivity index (χ1v) is 7.51. The number of benzene rings is 1. The van der Waals surface area contributed by atoms with E-state index < -0.39 is 0 Å². The van der Waals surface area contributed by atoms with Crippen molar-refractivity contribution in [1.82, 2.24) is 5.32 Å². The lowest BCUT2D eigenvalue weighted by atomic mass is 9.93. The molecule has 1 aromatic rings. The van der Waals surface area contributed by atoms with E-state index >= 15 is 0 Å². The minimum absolute atomic E-state index is 0.135. The van der Waals surface area contributed by atoms with Gasteiger partial charge in [0.2, 0.25) is 0 Å². The second kappa shape index (κ2) is 6.43. The lowest BCUT2D eigenvalue weighted by Crippen LogP contribution is -2.42. The van der Waals surface area contributed by atoms with E-state index in [9.17, 15) is 0 Å². The molecule has 1 heterocycles. The number of rotatable bonds is 4. The third kappa shape index (κ3) is 3.47. The molecule has 94 valence electrons. The Morgan fingerprint density at radius 3 is 2.71 bits per heavy atom. The van der Waals surface area contributed by atoms with Crippen LogP contribution in [0.25, 0.3) is 0 Å². The molecule has 0 saturated carbocycles. The lowest BCUT2D eigenvalue weighted by molar-refractivity contribution is 0.353. The average molecular weight is 250 g/mol. The Morgan fingerprint density at radius 2 is 2.12 bits per heavy atom. The van der Waals surface area contributed by atoms with Crippen molar-refractivity contribution in [1.29, 1.82) is 0 Å². The van der Waals surface area contributed by atoms with Gasteiger partial charge in [0.15, 0.2) is 0 Å². The van der Waals surface area contributed by atoms with E-state index in [1.54, 1.807) is 0 Å². The third-order valence-electron chi connectivity index (χ3n) is 3.36. The van der Waals surface area contributed by atoms with Gasteiger partial charge >= 0.3 is 0 Å². The van der Waals surface area contributed by atoms with Crippen molar-refractivity contribution < 1.29 is 0 Å². The average Bonchev–Trinajstić information content (AvgIpc) is 2.40. The Bertz CT molecular complexity index is 331. The van der Waals surface area contributed by atoms with Gasteiger partial charge in [0.05, 0.1) is 0 Å². The standard InChI is InChI=1S/C14H22N2S/c1-2-17-12-8-6-11(7-9-12)14(15)13-5-3-4-10-16-13/h6-9,13-14,16H,2-5,10,15H2,1H3. The zero-order valence-electron chi connectivity index (χ0n) is 10.5. The highest BCUT2D eigenvalue weighted by atomic mass is 32.2. The molecule has 0 spiro atoms. The van der Waals surface area contributed by atoms with Crippen molar-refractivity contribution in [2.75, 3.05) is 12.3 Å². The molecule has 3 heteroatoms. The van der Waals surface area contributed by atoms with Crippen LogP contribution in [-0.4, -0.2) is 18.3 Å². The van der Waals surface area contributed by atoms with Crippen LogP contribution in [0, 0.1) is 0 Å². The summed E-state index contributed by atoms with van der Waals surface area (Å²) in [7, 11) is 0. The summed E-state index contributed by atoms with van der Waals surface area (Å²) in [5.41, 5.74) is 7.58. The fourth-order valence-corrected chi connectivity index (χ4v) is 3.03. The lowest BCUT2D eigenvalue weighted by Gasteiger charge is -2.29. The molecule has 1 aromatic carbocycles. The predicted molar refractivity (Wildman–Crippen MR) is 75.4 cm³/mol. The largest absolute Gasteiger partial charge is 0.323 e. The first-order valence-electron chi connectivity index (χ1n) is 6.53. The van der Waals surface area contributed by atoms with Gasteiger partial charge in [-0.05, 0) is 42.8 Å². The minimum Gasteiger partial charge on any atom is -0.323 e. The maximum Gasteiger partial charge on any atom is 0.0450 e. The van der Waals surface area contributed by atoms with Crippen molar-refractivity contribution >= 4 is 11.8 Å². The molecule has 1 saturated heterocycles. The van der Waals surface area contributed by atoms with Gasteiger partial charge in [0.25, 0.3) is 0 Å². The van der Waals surface area contributed by atoms with Crippen LogP contribution in [0.2, 0.25) is 0 Å². The van der Waals surface area contributed by atoms with Crippen molar-refractivity contribution in [3.63, 3.8) is 0 Å². The molecule has 0 aliphatic carbocycles. The quantitative estimate of drug-likeness (QED) is 0.807. The van der Waals surface area contributed by atoms with E-state index in [2.05, 4.69) is 36.5 Å². The van der Waals surface area contributed by atoms with E-state index in [4.69, 9.17) is 5.73 Å².